The number of hydrogen-bond donors (Lipinski definition) is 0. The molecule has 2 heterocycles. The van der Waals surface area contributed by atoms with E-state index in [4.69, 9.17) is 11.6 Å². The summed E-state index contributed by atoms with van der Waals surface area (Å²) in [7, 11) is -3.40. The van der Waals surface area contributed by atoms with Gasteiger partial charge in [0.1, 0.15) is 10.0 Å². The van der Waals surface area contributed by atoms with Crippen molar-refractivity contribution in [2.45, 2.75) is 37.0 Å². The van der Waals surface area contributed by atoms with Gasteiger partial charge in [0.05, 0.1) is 0 Å². The minimum Gasteiger partial charge on any atom is -0.243 e. The summed E-state index contributed by atoms with van der Waals surface area (Å²) in [5.41, 5.74) is 0.449. The van der Waals surface area contributed by atoms with Crippen molar-refractivity contribution in [3.8, 4) is 0 Å². The zero-order valence-corrected chi connectivity index (χ0v) is 12.3. The molecule has 3 rings (SSSR count). The van der Waals surface area contributed by atoms with E-state index < -0.39 is 10.0 Å². The summed E-state index contributed by atoms with van der Waals surface area (Å²) in [5, 5.41) is 0.311. The molecule has 0 unspecified atom stereocenters. The Balaban J connectivity index is 1.76. The minimum absolute atomic E-state index is 0.237. The molecule has 1 aromatic heterocycles. The van der Waals surface area contributed by atoms with Gasteiger partial charge in [-0.05, 0) is 43.2 Å². The van der Waals surface area contributed by atoms with Crippen LogP contribution in [-0.4, -0.2) is 30.8 Å². The quantitative estimate of drug-likeness (QED) is 0.789. The van der Waals surface area contributed by atoms with Crippen LogP contribution in [0.1, 0.15) is 32.1 Å². The van der Waals surface area contributed by atoms with Crippen LogP contribution in [0.3, 0.4) is 0 Å². The molecule has 0 radical (unpaired) electrons. The van der Waals surface area contributed by atoms with Crippen molar-refractivity contribution in [1.29, 1.82) is 0 Å². The smallest absolute Gasteiger partial charge is 0.243 e. The third-order valence-electron chi connectivity index (χ3n) is 4.54. The average molecular weight is 301 g/mol. The molecule has 1 aliphatic heterocycles. The van der Waals surface area contributed by atoms with Gasteiger partial charge in [0.15, 0.2) is 0 Å². The number of sulfonamides is 1. The maximum absolute atomic E-state index is 12.5. The lowest BCUT2D eigenvalue weighted by Gasteiger charge is -2.47. The molecule has 0 N–H and O–H groups in total. The molecular weight excluding hydrogens is 284 g/mol. The highest BCUT2D eigenvalue weighted by molar-refractivity contribution is 7.89. The van der Waals surface area contributed by atoms with Gasteiger partial charge in [-0.25, -0.2) is 13.4 Å². The van der Waals surface area contributed by atoms with Gasteiger partial charge in [0, 0.05) is 19.3 Å². The predicted molar refractivity (Wildman–Crippen MR) is 73.5 cm³/mol. The topological polar surface area (TPSA) is 50.3 Å². The fraction of sp³-hybridized carbons (Fsp3) is 0.615. The molecule has 0 aromatic carbocycles. The van der Waals surface area contributed by atoms with E-state index in [9.17, 15) is 8.42 Å². The van der Waals surface area contributed by atoms with Gasteiger partial charge in [0.2, 0.25) is 10.0 Å². The van der Waals surface area contributed by atoms with Crippen LogP contribution in [0.2, 0.25) is 5.15 Å². The maximum Gasteiger partial charge on any atom is 0.244 e. The molecule has 104 valence electrons. The molecule has 0 amide bonds. The third kappa shape index (κ3) is 2.39. The van der Waals surface area contributed by atoms with E-state index in [0.29, 0.717) is 23.7 Å². The second kappa shape index (κ2) is 4.72. The summed E-state index contributed by atoms with van der Waals surface area (Å²) in [4.78, 5) is 4.09. The summed E-state index contributed by atoms with van der Waals surface area (Å²) in [6, 6.07) is 3.05. The lowest BCUT2D eigenvalue weighted by Crippen LogP contribution is -2.45. The molecule has 1 saturated carbocycles. The van der Waals surface area contributed by atoms with E-state index in [1.54, 1.807) is 4.31 Å². The minimum atomic E-state index is -3.40. The number of nitrogens with zero attached hydrogens (tertiary/aromatic N) is 2. The van der Waals surface area contributed by atoms with Crippen LogP contribution in [0.15, 0.2) is 23.2 Å². The Labute approximate surface area is 118 Å². The highest BCUT2D eigenvalue weighted by atomic mass is 35.5. The SMILES string of the molecule is O=S(=O)(c1ccc(Cl)nc1)N1CCC2(CCC2)CC1. The van der Waals surface area contributed by atoms with Crippen molar-refractivity contribution in [2.24, 2.45) is 5.41 Å². The molecular formula is C13H17ClN2O2S. The monoisotopic (exact) mass is 300 g/mol. The van der Waals surface area contributed by atoms with Gasteiger partial charge in [0.25, 0.3) is 0 Å². The van der Waals surface area contributed by atoms with Gasteiger partial charge in [-0.3, -0.25) is 0 Å². The molecule has 2 fully saturated rings. The Bertz CT molecular complexity index is 557. The highest BCUT2D eigenvalue weighted by Crippen LogP contribution is 2.49. The molecule has 19 heavy (non-hydrogen) atoms. The Morgan fingerprint density at radius 3 is 2.32 bits per heavy atom. The number of halogens is 1. The first-order valence-electron chi connectivity index (χ1n) is 6.64. The van der Waals surface area contributed by atoms with Crippen LogP contribution in [0, 0.1) is 5.41 Å². The molecule has 1 aliphatic carbocycles. The number of aromatic nitrogens is 1. The molecule has 0 atom stereocenters. The van der Waals surface area contributed by atoms with Gasteiger partial charge in [-0.2, -0.15) is 4.31 Å². The fourth-order valence-corrected chi connectivity index (χ4v) is 4.54. The molecule has 6 heteroatoms. The largest absolute Gasteiger partial charge is 0.244 e. The van der Waals surface area contributed by atoms with Crippen LogP contribution >= 0.6 is 11.6 Å². The average Bonchev–Trinajstić information content (AvgIpc) is 2.37. The molecule has 1 saturated heterocycles. The summed E-state index contributed by atoms with van der Waals surface area (Å²) in [5.74, 6) is 0. The van der Waals surface area contributed by atoms with Crippen LogP contribution in [0.5, 0.6) is 0 Å². The second-order valence-electron chi connectivity index (χ2n) is 5.57. The van der Waals surface area contributed by atoms with Gasteiger partial charge in [-0.15, -0.1) is 0 Å². The molecule has 4 nitrogen and oxygen atoms in total. The summed E-state index contributed by atoms with van der Waals surface area (Å²) >= 11 is 5.69. The van der Waals surface area contributed by atoms with Crippen LogP contribution in [0.25, 0.3) is 0 Å². The van der Waals surface area contributed by atoms with Gasteiger partial charge < -0.3 is 0 Å². The van der Waals surface area contributed by atoms with Crippen LogP contribution in [0.4, 0.5) is 0 Å². The summed E-state index contributed by atoms with van der Waals surface area (Å²) in [6.45, 7) is 1.26. The zero-order valence-electron chi connectivity index (χ0n) is 10.7. The van der Waals surface area contributed by atoms with E-state index in [-0.39, 0.29) is 4.90 Å². The number of pyridine rings is 1. The molecule has 1 aromatic rings. The van der Waals surface area contributed by atoms with E-state index in [1.165, 1.54) is 37.6 Å². The van der Waals surface area contributed by atoms with Crippen molar-refractivity contribution in [3.05, 3.63) is 23.5 Å². The standard InChI is InChI=1S/C13H17ClN2O2S/c14-12-3-2-11(10-15-12)19(17,18)16-8-6-13(7-9-16)4-1-5-13/h2-3,10H,1,4-9H2. The fourth-order valence-electron chi connectivity index (χ4n) is 3.04. The van der Waals surface area contributed by atoms with Crippen LogP contribution in [-0.2, 0) is 10.0 Å². The first-order chi connectivity index (χ1) is 9.02. The van der Waals surface area contributed by atoms with Crippen molar-refractivity contribution in [2.75, 3.05) is 13.1 Å². The van der Waals surface area contributed by atoms with E-state index >= 15 is 0 Å². The lowest BCUT2D eigenvalue weighted by atomic mass is 9.63. The van der Waals surface area contributed by atoms with Gasteiger partial charge in [-0.1, -0.05) is 18.0 Å². The maximum atomic E-state index is 12.5. The van der Waals surface area contributed by atoms with Gasteiger partial charge >= 0.3 is 0 Å². The number of rotatable bonds is 2. The molecule has 1 spiro atoms. The van der Waals surface area contributed by atoms with E-state index in [0.717, 1.165) is 12.8 Å². The highest BCUT2D eigenvalue weighted by Gasteiger charge is 2.42. The summed E-state index contributed by atoms with van der Waals surface area (Å²) in [6.07, 6.45) is 7.16. The van der Waals surface area contributed by atoms with Crippen LogP contribution < -0.4 is 0 Å². The number of hydrogen-bond acceptors (Lipinski definition) is 3. The normalized spacial score (nSPS) is 23.2. The van der Waals surface area contributed by atoms with Crippen molar-refractivity contribution < 1.29 is 8.42 Å². The third-order valence-corrected chi connectivity index (χ3v) is 6.64. The predicted octanol–water partition coefficient (Wildman–Crippen LogP) is 2.69. The van der Waals surface area contributed by atoms with E-state index in [2.05, 4.69) is 4.98 Å². The lowest BCUT2D eigenvalue weighted by molar-refractivity contribution is 0.0609. The second-order valence-corrected chi connectivity index (χ2v) is 7.90. The molecule has 2 aliphatic rings. The zero-order chi connectivity index (χ0) is 13.5. The van der Waals surface area contributed by atoms with Crippen molar-refractivity contribution >= 4 is 21.6 Å². The van der Waals surface area contributed by atoms with E-state index in [1.807, 2.05) is 0 Å². The first kappa shape index (κ1) is 13.3. The van der Waals surface area contributed by atoms with Crippen molar-refractivity contribution in [1.82, 2.24) is 9.29 Å². The summed E-state index contributed by atoms with van der Waals surface area (Å²) < 4.78 is 26.5. The Morgan fingerprint density at radius 1 is 1.16 bits per heavy atom. The Hall–Kier alpha value is -0.650. The first-order valence-corrected chi connectivity index (χ1v) is 8.45. The Kier molecular flexibility index (Phi) is 3.31. The number of piperidine rings is 1. The molecule has 0 bridgehead atoms. The Morgan fingerprint density at radius 2 is 1.84 bits per heavy atom. The van der Waals surface area contributed by atoms with Crippen molar-refractivity contribution in [3.63, 3.8) is 0 Å².